The molecule has 1 unspecified atom stereocenters. The number of hydrogen-bond donors (Lipinski definition) is 2. The first-order valence-corrected chi connectivity index (χ1v) is 11.4. The number of amides is 3. The van der Waals surface area contributed by atoms with E-state index in [-0.39, 0.29) is 5.56 Å². The van der Waals surface area contributed by atoms with E-state index >= 15 is 0 Å². The molecule has 0 saturated heterocycles. The van der Waals surface area contributed by atoms with Gasteiger partial charge in [-0.25, -0.2) is 9.36 Å². The number of nitrogens with one attached hydrogen (secondary N) is 2. The fraction of sp³-hybridized carbons (Fsp3) is 0.261. The minimum Gasteiger partial charge on any atom is -0.338 e. The molecule has 4 aromatic rings. The van der Waals surface area contributed by atoms with E-state index in [1.54, 1.807) is 28.9 Å². The topological polar surface area (TPSA) is 110 Å². The Balaban J connectivity index is 1.86. The lowest BCUT2D eigenvalue weighted by atomic mass is 10.1. The van der Waals surface area contributed by atoms with Crippen LogP contribution in [-0.4, -0.2) is 42.9 Å². The molecule has 33 heavy (non-hydrogen) atoms. The van der Waals surface area contributed by atoms with Crippen LogP contribution in [-0.2, 0) is 4.79 Å². The number of rotatable bonds is 5. The molecule has 9 nitrogen and oxygen atoms in total. The quantitative estimate of drug-likeness (QED) is 0.440. The van der Waals surface area contributed by atoms with E-state index in [2.05, 4.69) is 20.8 Å². The lowest BCUT2D eigenvalue weighted by molar-refractivity contribution is -0.119. The lowest BCUT2D eigenvalue weighted by Gasteiger charge is -2.14. The summed E-state index contributed by atoms with van der Waals surface area (Å²) >= 11 is 1.16. The average Bonchev–Trinajstić information content (AvgIpc) is 3.18. The molecular weight excluding hydrogens is 440 g/mol. The maximum atomic E-state index is 13.5. The number of carbonyl (C=O) groups excluding carboxylic acids is 2. The third kappa shape index (κ3) is 4.21. The number of carbonyl (C=O) groups is 2. The molecule has 0 saturated carbocycles. The van der Waals surface area contributed by atoms with Crippen molar-refractivity contribution in [1.82, 2.24) is 29.8 Å². The molecule has 2 aromatic carbocycles. The van der Waals surface area contributed by atoms with Crippen LogP contribution >= 0.6 is 11.8 Å². The largest absolute Gasteiger partial charge is 0.338 e. The summed E-state index contributed by atoms with van der Waals surface area (Å²) in [5.41, 5.74) is 3.18. The predicted octanol–water partition coefficient (Wildman–Crippen LogP) is 2.98. The highest BCUT2D eigenvalue weighted by molar-refractivity contribution is 8.00. The van der Waals surface area contributed by atoms with Gasteiger partial charge in [-0.15, -0.1) is 10.2 Å². The number of urea groups is 1. The normalized spacial score (nSPS) is 12.1. The highest BCUT2D eigenvalue weighted by Crippen LogP contribution is 2.27. The summed E-state index contributed by atoms with van der Waals surface area (Å²) in [4.78, 5) is 37.7. The van der Waals surface area contributed by atoms with Crippen molar-refractivity contribution in [2.75, 3.05) is 6.54 Å². The lowest BCUT2D eigenvalue weighted by Crippen LogP contribution is -2.42. The number of fused-ring (bicyclic) bond motifs is 3. The average molecular weight is 465 g/mol. The van der Waals surface area contributed by atoms with Crippen LogP contribution < -0.4 is 16.2 Å². The molecule has 0 aliphatic heterocycles. The van der Waals surface area contributed by atoms with Gasteiger partial charge in [0, 0.05) is 6.54 Å². The maximum absolute atomic E-state index is 13.5. The molecule has 10 heteroatoms. The molecule has 0 aliphatic rings. The SMILES string of the molecule is CCNC(=O)NC(=O)C(C)Sc1nnc2n(-c3ccc(C)cc3C)c(=O)c3ccccc3n12. The first-order chi connectivity index (χ1) is 15.8. The molecule has 2 aromatic heterocycles. The Morgan fingerprint density at radius 3 is 2.61 bits per heavy atom. The Labute approximate surface area is 194 Å². The first kappa shape index (κ1) is 22.5. The minimum absolute atomic E-state index is 0.198. The monoisotopic (exact) mass is 464 g/mol. The van der Waals surface area contributed by atoms with Crippen LogP contribution in [0.4, 0.5) is 4.79 Å². The predicted molar refractivity (Wildman–Crippen MR) is 128 cm³/mol. The van der Waals surface area contributed by atoms with Crippen LogP contribution in [0.2, 0.25) is 0 Å². The fourth-order valence-electron chi connectivity index (χ4n) is 3.66. The van der Waals surface area contributed by atoms with Gasteiger partial charge >= 0.3 is 6.03 Å². The third-order valence-electron chi connectivity index (χ3n) is 5.21. The molecule has 0 spiro atoms. The zero-order valence-electron chi connectivity index (χ0n) is 18.7. The Morgan fingerprint density at radius 2 is 1.88 bits per heavy atom. The van der Waals surface area contributed by atoms with Crippen LogP contribution in [0.1, 0.15) is 25.0 Å². The summed E-state index contributed by atoms with van der Waals surface area (Å²) in [5, 5.41) is 13.8. The van der Waals surface area contributed by atoms with E-state index in [1.807, 2.05) is 50.2 Å². The summed E-state index contributed by atoms with van der Waals surface area (Å²) in [6.07, 6.45) is 0. The molecule has 2 heterocycles. The van der Waals surface area contributed by atoms with Crippen LogP contribution in [0.25, 0.3) is 22.4 Å². The number of benzene rings is 2. The summed E-state index contributed by atoms with van der Waals surface area (Å²) in [6, 6.07) is 12.5. The van der Waals surface area contributed by atoms with Gasteiger partial charge in [0.05, 0.1) is 21.8 Å². The molecular formula is C23H24N6O3S. The molecule has 2 N–H and O–H groups in total. The van der Waals surface area contributed by atoms with Gasteiger partial charge in [0.2, 0.25) is 11.7 Å². The highest BCUT2D eigenvalue weighted by Gasteiger charge is 2.23. The maximum Gasteiger partial charge on any atom is 0.321 e. The molecule has 0 aliphatic carbocycles. The zero-order valence-corrected chi connectivity index (χ0v) is 19.6. The standard InChI is InChI=1S/C23H24N6O3S/c1-5-24-21(32)25-19(30)15(4)33-23-27-26-22-28(17-11-10-13(2)12-14(17)3)20(31)16-8-6-7-9-18(16)29(22)23/h6-12,15H,5H2,1-4H3,(H2,24,25,30,32). The van der Waals surface area contributed by atoms with E-state index in [4.69, 9.17) is 0 Å². The van der Waals surface area contributed by atoms with E-state index in [9.17, 15) is 14.4 Å². The zero-order chi connectivity index (χ0) is 23.7. The van der Waals surface area contributed by atoms with E-state index in [0.717, 1.165) is 22.9 Å². The Hall–Kier alpha value is -3.66. The first-order valence-electron chi connectivity index (χ1n) is 10.5. The van der Waals surface area contributed by atoms with Crippen molar-refractivity contribution in [3.05, 3.63) is 63.9 Å². The summed E-state index contributed by atoms with van der Waals surface area (Å²) in [7, 11) is 0. The molecule has 170 valence electrons. The van der Waals surface area contributed by atoms with Crippen molar-refractivity contribution in [1.29, 1.82) is 0 Å². The minimum atomic E-state index is -0.625. The number of hydrogen-bond acceptors (Lipinski definition) is 6. The van der Waals surface area contributed by atoms with Gasteiger partial charge in [0.1, 0.15) is 0 Å². The number of aromatic nitrogens is 4. The second kappa shape index (κ2) is 9.07. The fourth-order valence-corrected chi connectivity index (χ4v) is 4.51. The second-order valence-electron chi connectivity index (χ2n) is 7.67. The molecule has 3 amide bonds. The van der Waals surface area contributed by atoms with Gasteiger partial charge in [-0.05, 0) is 51.5 Å². The van der Waals surface area contributed by atoms with Gasteiger partial charge in [-0.2, -0.15) is 0 Å². The highest BCUT2D eigenvalue weighted by atomic mass is 32.2. The summed E-state index contributed by atoms with van der Waals surface area (Å²) in [6.45, 7) is 7.81. The Bertz CT molecular complexity index is 1440. The molecule has 0 radical (unpaired) electrons. The number of imide groups is 1. The van der Waals surface area contributed by atoms with E-state index in [1.165, 1.54) is 0 Å². The van der Waals surface area contributed by atoms with Crippen molar-refractivity contribution in [2.24, 2.45) is 0 Å². The second-order valence-corrected chi connectivity index (χ2v) is 8.98. The number of nitrogens with zero attached hydrogens (tertiary/aromatic N) is 4. The molecule has 0 fully saturated rings. The van der Waals surface area contributed by atoms with E-state index < -0.39 is 17.2 Å². The van der Waals surface area contributed by atoms with E-state index in [0.29, 0.717) is 34.1 Å². The van der Waals surface area contributed by atoms with Gasteiger partial charge in [0.15, 0.2) is 5.16 Å². The van der Waals surface area contributed by atoms with Gasteiger partial charge in [-0.1, -0.05) is 41.6 Å². The van der Waals surface area contributed by atoms with Crippen LogP contribution in [0, 0.1) is 13.8 Å². The number of aryl methyl sites for hydroxylation is 2. The summed E-state index contributed by atoms with van der Waals surface area (Å²) in [5.74, 6) is -0.0980. The molecule has 0 bridgehead atoms. The van der Waals surface area contributed by atoms with Crippen LogP contribution in [0.5, 0.6) is 0 Å². The molecule has 1 atom stereocenters. The van der Waals surface area contributed by atoms with Gasteiger partial charge in [-0.3, -0.25) is 19.3 Å². The van der Waals surface area contributed by atoms with Gasteiger partial charge in [0.25, 0.3) is 5.56 Å². The smallest absolute Gasteiger partial charge is 0.321 e. The number of thioether (sulfide) groups is 1. The number of para-hydroxylation sites is 1. The van der Waals surface area contributed by atoms with Crippen LogP contribution in [0.3, 0.4) is 0 Å². The van der Waals surface area contributed by atoms with Crippen LogP contribution in [0.15, 0.2) is 52.4 Å². The van der Waals surface area contributed by atoms with Crippen molar-refractivity contribution in [3.63, 3.8) is 0 Å². The van der Waals surface area contributed by atoms with Crippen molar-refractivity contribution in [3.8, 4) is 5.69 Å². The summed E-state index contributed by atoms with van der Waals surface area (Å²) < 4.78 is 3.32. The van der Waals surface area contributed by atoms with Crippen molar-refractivity contribution < 1.29 is 9.59 Å². The Morgan fingerprint density at radius 1 is 1.12 bits per heavy atom. The van der Waals surface area contributed by atoms with Crippen molar-refractivity contribution in [2.45, 2.75) is 38.1 Å². The molecule has 4 rings (SSSR count). The van der Waals surface area contributed by atoms with Crippen molar-refractivity contribution >= 4 is 40.4 Å². The third-order valence-corrected chi connectivity index (χ3v) is 6.26. The Kier molecular flexibility index (Phi) is 6.19. The van der Waals surface area contributed by atoms with Gasteiger partial charge < -0.3 is 5.32 Å².